The number of unbranched alkanes of at least 4 members (excludes halogenated alkanes) is 2. The summed E-state index contributed by atoms with van der Waals surface area (Å²) in [5, 5.41) is 0. The van der Waals surface area contributed by atoms with Crippen molar-refractivity contribution >= 4 is 15.8 Å². The Balaban J connectivity index is 2.34. The molecule has 0 bridgehead atoms. The van der Waals surface area contributed by atoms with E-state index in [1.807, 2.05) is 6.92 Å². The lowest BCUT2D eigenvalue weighted by molar-refractivity contribution is -0.143. The molecule has 0 N–H and O–H groups in total. The smallest absolute Gasteiger partial charge is 0.305 e. The Morgan fingerprint density at radius 2 is 1.75 bits per heavy atom. The summed E-state index contributed by atoms with van der Waals surface area (Å²) >= 11 is 0. The molecule has 0 aliphatic rings. The maximum atomic E-state index is 12.1. The van der Waals surface area contributed by atoms with E-state index in [4.69, 9.17) is 4.74 Å². The topological polar surface area (TPSA) is 60.4 Å². The van der Waals surface area contributed by atoms with Crippen LogP contribution in [0.2, 0.25) is 0 Å². The quantitative estimate of drug-likeness (QED) is 0.547. The predicted molar refractivity (Wildman–Crippen MR) is 78.3 cm³/mol. The van der Waals surface area contributed by atoms with E-state index in [0.717, 1.165) is 5.56 Å². The van der Waals surface area contributed by atoms with E-state index in [1.54, 1.807) is 31.2 Å². The first-order chi connectivity index (χ1) is 9.45. The molecule has 0 heterocycles. The minimum absolute atomic E-state index is 0.124. The Kier molecular flexibility index (Phi) is 6.71. The second kappa shape index (κ2) is 8.04. The van der Waals surface area contributed by atoms with Crippen molar-refractivity contribution in [2.24, 2.45) is 0 Å². The summed E-state index contributed by atoms with van der Waals surface area (Å²) in [6.45, 7) is 4.08. The number of hydrogen-bond acceptors (Lipinski definition) is 4. The van der Waals surface area contributed by atoms with E-state index in [-0.39, 0.29) is 11.7 Å². The Morgan fingerprint density at radius 1 is 1.10 bits per heavy atom. The van der Waals surface area contributed by atoms with Crippen LogP contribution in [0.5, 0.6) is 0 Å². The van der Waals surface area contributed by atoms with Crippen molar-refractivity contribution in [3.8, 4) is 0 Å². The molecule has 5 heteroatoms. The van der Waals surface area contributed by atoms with Gasteiger partial charge < -0.3 is 4.74 Å². The molecule has 0 unspecified atom stereocenters. The standard InChI is InChI=1S/C15H22O4S/c1-3-19-15(16)7-5-4-6-12-20(17,18)14-10-8-13(2)9-11-14/h8-11H,3-7,12H2,1-2H3. The predicted octanol–water partition coefficient (Wildman–Crippen LogP) is 2.89. The molecule has 0 aliphatic carbocycles. The van der Waals surface area contributed by atoms with Crippen molar-refractivity contribution in [1.29, 1.82) is 0 Å². The van der Waals surface area contributed by atoms with Gasteiger partial charge in [-0.1, -0.05) is 24.1 Å². The number of aryl methyl sites for hydroxylation is 1. The van der Waals surface area contributed by atoms with Crippen molar-refractivity contribution in [3.05, 3.63) is 29.8 Å². The lowest BCUT2D eigenvalue weighted by Gasteiger charge is -2.05. The zero-order valence-corrected chi connectivity index (χ0v) is 12.9. The third-order valence-corrected chi connectivity index (χ3v) is 4.80. The summed E-state index contributed by atoms with van der Waals surface area (Å²) in [5.41, 5.74) is 1.04. The van der Waals surface area contributed by atoms with E-state index in [9.17, 15) is 13.2 Å². The lowest BCUT2D eigenvalue weighted by Crippen LogP contribution is -2.07. The van der Waals surface area contributed by atoms with E-state index in [1.165, 1.54) is 0 Å². The molecule has 0 fully saturated rings. The van der Waals surface area contributed by atoms with Gasteiger partial charge in [0.1, 0.15) is 0 Å². The molecule has 0 radical (unpaired) electrons. The molecule has 112 valence electrons. The van der Waals surface area contributed by atoms with Crippen molar-refractivity contribution in [1.82, 2.24) is 0 Å². The molecular weight excluding hydrogens is 276 g/mol. The van der Waals surface area contributed by atoms with Crippen LogP contribution in [0.15, 0.2) is 29.2 Å². The summed E-state index contributed by atoms with van der Waals surface area (Å²) in [6, 6.07) is 6.88. The molecule has 0 atom stereocenters. The number of esters is 1. The maximum Gasteiger partial charge on any atom is 0.305 e. The van der Waals surface area contributed by atoms with Crippen LogP contribution in [0.25, 0.3) is 0 Å². The highest BCUT2D eigenvalue weighted by Crippen LogP contribution is 2.14. The minimum atomic E-state index is -3.20. The second-order valence-corrected chi connectivity index (χ2v) is 6.86. The molecule has 0 aliphatic heterocycles. The van der Waals surface area contributed by atoms with Crippen LogP contribution in [-0.4, -0.2) is 26.7 Å². The average molecular weight is 298 g/mol. The SMILES string of the molecule is CCOC(=O)CCCCCS(=O)(=O)c1ccc(C)cc1. The van der Waals surface area contributed by atoms with Crippen molar-refractivity contribution in [3.63, 3.8) is 0 Å². The number of ether oxygens (including phenoxy) is 1. The summed E-state index contributed by atoms with van der Waals surface area (Å²) in [7, 11) is -3.20. The Hall–Kier alpha value is -1.36. The molecule has 0 spiro atoms. The highest BCUT2D eigenvalue weighted by molar-refractivity contribution is 7.91. The van der Waals surface area contributed by atoms with Gasteiger partial charge in [0, 0.05) is 6.42 Å². The third-order valence-electron chi connectivity index (χ3n) is 2.98. The van der Waals surface area contributed by atoms with Crippen LogP contribution in [0.1, 0.15) is 38.2 Å². The molecule has 0 saturated carbocycles. The third kappa shape index (κ3) is 5.74. The summed E-state index contributed by atoms with van der Waals surface area (Å²) in [5.74, 6) is -0.0901. The van der Waals surface area contributed by atoms with Gasteiger partial charge in [-0.15, -0.1) is 0 Å². The van der Waals surface area contributed by atoms with E-state index < -0.39 is 9.84 Å². The molecule has 20 heavy (non-hydrogen) atoms. The monoisotopic (exact) mass is 298 g/mol. The normalized spacial score (nSPS) is 11.3. The summed E-state index contributed by atoms with van der Waals surface area (Å²) < 4.78 is 28.9. The molecular formula is C15H22O4S. The van der Waals surface area contributed by atoms with Crippen molar-refractivity contribution in [2.45, 2.75) is 44.4 Å². The molecule has 0 saturated heterocycles. The Morgan fingerprint density at radius 3 is 2.35 bits per heavy atom. The summed E-state index contributed by atoms with van der Waals surface area (Å²) in [6.07, 6.45) is 2.31. The van der Waals surface area contributed by atoms with Gasteiger partial charge in [0.15, 0.2) is 9.84 Å². The van der Waals surface area contributed by atoms with Gasteiger partial charge in [0.25, 0.3) is 0 Å². The number of carbonyl (C=O) groups is 1. The fraction of sp³-hybridized carbons (Fsp3) is 0.533. The average Bonchev–Trinajstić information content (AvgIpc) is 2.39. The van der Waals surface area contributed by atoms with Crippen LogP contribution < -0.4 is 0 Å². The first kappa shape index (κ1) is 16.7. The van der Waals surface area contributed by atoms with Gasteiger partial charge in [-0.2, -0.15) is 0 Å². The number of carbonyl (C=O) groups excluding carboxylic acids is 1. The number of benzene rings is 1. The summed E-state index contributed by atoms with van der Waals surface area (Å²) in [4.78, 5) is 11.5. The number of rotatable bonds is 8. The van der Waals surface area contributed by atoms with E-state index in [2.05, 4.69) is 0 Å². The molecule has 1 aromatic carbocycles. The maximum absolute atomic E-state index is 12.1. The van der Waals surface area contributed by atoms with Crippen LogP contribution in [0, 0.1) is 6.92 Å². The van der Waals surface area contributed by atoms with Gasteiger partial charge in [-0.25, -0.2) is 8.42 Å². The van der Waals surface area contributed by atoms with Gasteiger partial charge in [0.05, 0.1) is 17.3 Å². The molecule has 1 rings (SSSR count). The highest BCUT2D eigenvalue weighted by Gasteiger charge is 2.13. The first-order valence-corrected chi connectivity index (χ1v) is 8.56. The van der Waals surface area contributed by atoms with Gasteiger partial charge in [0.2, 0.25) is 0 Å². The Bertz CT molecular complexity index is 517. The van der Waals surface area contributed by atoms with E-state index >= 15 is 0 Å². The number of sulfone groups is 1. The van der Waals surface area contributed by atoms with E-state index in [0.29, 0.717) is 37.2 Å². The second-order valence-electron chi connectivity index (χ2n) is 4.75. The number of hydrogen-bond donors (Lipinski definition) is 0. The Labute approximate surface area is 121 Å². The van der Waals surface area contributed by atoms with Crippen molar-refractivity contribution in [2.75, 3.05) is 12.4 Å². The molecule has 4 nitrogen and oxygen atoms in total. The van der Waals surface area contributed by atoms with Crippen LogP contribution in [0.3, 0.4) is 0 Å². The largest absolute Gasteiger partial charge is 0.466 e. The molecule has 1 aromatic rings. The van der Waals surface area contributed by atoms with Gasteiger partial charge >= 0.3 is 5.97 Å². The fourth-order valence-corrected chi connectivity index (χ4v) is 3.21. The van der Waals surface area contributed by atoms with Crippen LogP contribution in [0.4, 0.5) is 0 Å². The van der Waals surface area contributed by atoms with Crippen molar-refractivity contribution < 1.29 is 17.9 Å². The van der Waals surface area contributed by atoms with Gasteiger partial charge in [-0.3, -0.25) is 4.79 Å². The first-order valence-electron chi connectivity index (χ1n) is 6.91. The zero-order chi connectivity index (χ0) is 15.0. The molecule has 0 amide bonds. The lowest BCUT2D eigenvalue weighted by atomic mass is 10.2. The van der Waals surface area contributed by atoms with Crippen LogP contribution in [-0.2, 0) is 19.4 Å². The fourth-order valence-electron chi connectivity index (χ4n) is 1.83. The van der Waals surface area contributed by atoms with Crippen LogP contribution >= 0.6 is 0 Å². The molecule has 0 aromatic heterocycles. The minimum Gasteiger partial charge on any atom is -0.466 e. The zero-order valence-electron chi connectivity index (χ0n) is 12.1. The van der Waals surface area contributed by atoms with Gasteiger partial charge in [-0.05, 0) is 38.8 Å². The highest BCUT2D eigenvalue weighted by atomic mass is 32.2.